The maximum Gasteiger partial charge on any atom is 0.278 e. The van der Waals surface area contributed by atoms with Crippen LogP contribution < -0.4 is 16.2 Å². The highest BCUT2D eigenvalue weighted by molar-refractivity contribution is 5.77. The van der Waals surface area contributed by atoms with Gasteiger partial charge < -0.3 is 10.6 Å². The van der Waals surface area contributed by atoms with E-state index in [0.29, 0.717) is 28.5 Å². The first kappa shape index (κ1) is 21.8. The number of rotatable bonds is 5. The van der Waals surface area contributed by atoms with Gasteiger partial charge in [-0.2, -0.15) is 10.2 Å². The van der Waals surface area contributed by atoms with Gasteiger partial charge in [0.2, 0.25) is 5.95 Å². The Hall–Kier alpha value is -4.03. The van der Waals surface area contributed by atoms with E-state index in [1.165, 1.54) is 11.1 Å². The smallest absolute Gasteiger partial charge is 0.278 e. The molecule has 5 rings (SSSR count). The second kappa shape index (κ2) is 8.08. The third-order valence-corrected chi connectivity index (χ3v) is 6.08. The topological polar surface area (TPSA) is 113 Å². The summed E-state index contributed by atoms with van der Waals surface area (Å²) in [6.45, 7) is 9.22. The standard InChI is InChI=1S/C25H26N8O/c1-15(2)32-23(34)19-13-28-24(29-18-9-8-16-11-27-12-17(16)10-18)31-22(19)33(32)21-7-5-6-20(30-21)25(3,4)14-26/h5-10,13,15,27H,11-12H2,1-4H3,(H,28,29,31). The van der Waals surface area contributed by atoms with Crippen molar-refractivity contribution in [2.24, 2.45) is 0 Å². The number of nitrogens with one attached hydrogen (secondary N) is 2. The van der Waals surface area contributed by atoms with Gasteiger partial charge >= 0.3 is 0 Å². The molecule has 1 aliphatic rings. The molecule has 172 valence electrons. The van der Waals surface area contributed by atoms with Crippen molar-refractivity contribution in [3.63, 3.8) is 0 Å². The van der Waals surface area contributed by atoms with Gasteiger partial charge in [0.15, 0.2) is 11.5 Å². The Morgan fingerprint density at radius 2 is 1.94 bits per heavy atom. The van der Waals surface area contributed by atoms with Crippen molar-refractivity contribution in [3.8, 4) is 11.9 Å². The molecule has 9 nitrogen and oxygen atoms in total. The Balaban J connectivity index is 1.65. The van der Waals surface area contributed by atoms with Crippen LogP contribution in [-0.4, -0.2) is 24.3 Å². The summed E-state index contributed by atoms with van der Waals surface area (Å²) < 4.78 is 3.34. The van der Waals surface area contributed by atoms with Gasteiger partial charge in [0.1, 0.15) is 5.39 Å². The van der Waals surface area contributed by atoms with Crippen LogP contribution in [0.5, 0.6) is 0 Å². The van der Waals surface area contributed by atoms with E-state index in [0.717, 1.165) is 18.8 Å². The van der Waals surface area contributed by atoms with Crippen LogP contribution in [0.15, 0.2) is 47.4 Å². The first-order valence-corrected chi connectivity index (χ1v) is 11.3. The van der Waals surface area contributed by atoms with E-state index in [2.05, 4.69) is 33.8 Å². The Morgan fingerprint density at radius 3 is 2.71 bits per heavy atom. The van der Waals surface area contributed by atoms with Gasteiger partial charge in [0, 0.05) is 31.0 Å². The lowest BCUT2D eigenvalue weighted by Crippen LogP contribution is -2.25. The van der Waals surface area contributed by atoms with Crippen molar-refractivity contribution in [2.75, 3.05) is 5.32 Å². The van der Waals surface area contributed by atoms with E-state index in [-0.39, 0.29) is 11.6 Å². The van der Waals surface area contributed by atoms with Crippen LogP contribution in [0.2, 0.25) is 0 Å². The van der Waals surface area contributed by atoms with Crippen molar-refractivity contribution in [1.82, 2.24) is 29.6 Å². The minimum atomic E-state index is -0.772. The first-order chi connectivity index (χ1) is 16.3. The van der Waals surface area contributed by atoms with Crippen molar-refractivity contribution in [3.05, 3.63) is 69.8 Å². The second-order valence-electron chi connectivity index (χ2n) is 9.32. The Bertz CT molecular complexity index is 1510. The lowest BCUT2D eigenvalue weighted by molar-refractivity contribution is 0.470. The molecule has 0 radical (unpaired) electrons. The van der Waals surface area contributed by atoms with Crippen LogP contribution >= 0.6 is 0 Å². The maximum absolute atomic E-state index is 13.3. The summed E-state index contributed by atoms with van der Waals surface area (Å²) in [5.74, 6) is 0.913. The Kier molecular flexibility index (Phi) is 5.18. The summed E-state index contributed by atoms with van der Waals surface area (Å²) in [6.07, 6.45) is 1.56. The molecule has 0 bridgehead atoms. The monoisotopic (exact) mass is 454 g/mol. The highest BCUT2D eigenvalue weighted by Crippen LogP contribution is 2.25. The molecular weight excluding hydrogens is 428 g/mol. The first-order valence-electron chi connectivity index (χ1n) is 11.3. The predicted molar refractivity (Wildman–Crippen MR) is 130 cm³/mol. The number of benzene rings is 1. The number of pyridine rings is 1. The summed E-state index contributed by atoms with van der Waals surface area (Å²) in [6, 6.07) is 13.8. The van der Waals surface area contributed by atoms with Crippen LogP contribution in [0.3, 0.4) is 0 Å². The van der Waals surface area contributed by atoms with E-state index in [9.17, 15) is 10.1 Å². The second-order valence-corrected chi connectivity index (χ2v) is 9.32. The molecule has 1 aromatic carbocycles. The van der Waals surface area contributed by atoms with E-state index < -0.39 is 5.41 Å². The van der Waals surface area contributed by atoms with E-state index in [1.807, 2.05) is 52.0 Å². The number of hydrogen-bond donors (Lipinski definition) is 2. The van der Waals surface area contributed by atoms with Crippen LogP contribution in [0.1, 0.15) is 50.6 Å². The Labute approximate surface area is 197 Å². The van der Waals surface area contributed by atoms with Gasteiger partial charge in [0.25, 0.3) is 5.56 Å². The third kappa shape index (κ3) is 3.62. The molecule has 0 unspecified atom stereocenters. The zero-order chi connectivity index (χ0) is 24.0. The molecule has 4 heterocycles. The molecule has 1 aliphatic heterocycles. The highest BCUT2D eigenvalue weighted by Gasteiger charge is 2.24. The van der Waals surface area contributed by atoms with Gasteiger partial charge in [0.05, 0.1) is 17.2 Å². The molecule has 0 spiro atoms. The lowest BCUT2D eigenvalue weighted by Gasteiger charge is -2.18. The van der Waals surface area contributed by atoms with E-state index in [4.69, 9.17) is 9.97 Å². The molecular formula is C25H26N8O. The third-order valence-electron chi connectivity index (χ3n) is 6.08. The fourth-order valence-corrected chi connectivity index (χ4v) is 4.19. The van der Waals surface area contributed by atoms with E-state index >= 15 is 0 Å². The van der Waals surface area contributed by atoms with Crippen LogP contribution in [0.4, 0.5) is 11.6 Å². The zero-order valence-corrected chi connectivity index (χ0v) is 19.6. The van der Waals surface area contributed by atoms with Crippen LogP contribution in [0, 0.1) is 11.3 Å². The molecule has 4 aromatic rings. The molecule has 0 atom stereocenters. The maximum atomic E-state index is 13.3. The summed E-state index contributed by atoms with van der Waals surface area (Å²) in [5.41, 5.74) is 3.54. The summed E-state index contributed by atoms with van der Waals surface area (Å²) in [5, 5.41) is 16.6. The fraction of sp³-hybridized carbons (Fsp3) is 0.320. The number of fused-ring (bicyclic) bond motifs is 2. The summed E-state index contributed by atoms with van der Waals surface area (Å²) in [7, 11) is 0. The van der Waals surface area contributed by atoms with Crippen molar-refractivity contribution >= 4 is 22.7 Å². The molecule has 0 aliphatic carbocycles. The van der Waals surface area contributed by atoms with Crippen molar-refractivity contribution in [1.29, 1.82) is 5.26 Å². The average Bonchev–Trinajstić information content (AvgIpc) is 3.41. The fourth-order valence-electron chi connectivity index (χ4n) is 4.19. The lowest BCUT2D eigenvalue weighted by atomic mass is 9.91. The van der Waals surface area contributed by atoms with Crippen molar-refractivity contribution < 1.29 is 0 Å². The largest absolute Gasteiger partial charge is 0.324 e. The minimum absolute atomic E-state index is 0.142. The van der Waals surface area contributed by atoms with Gasteiger partial charge in [-0.05, 0) is 63.1 Å². The van der Waals surface area contributed by atoms with Gasteiger partial charge in [-0.25, -0.2) is 19.3 Å². The number of aromatic nitrogens is 5. The average molecular weight is 455 g/mol. The highest BCUT2D eigenvalue weighted by atomic mass is 16.1. The predicted octanol–water partition coefficient (Wildman–Crippen LogP) is 3.71. The van der Waals surface area contributed by atoms with Crippen molar-refractivity contribution in [2.45, 2.75) is 52.2 Å². The molecule has 0 fully saturated rings. The number of hydrogen-bond acceptors (Lipinski definition) is 7. The molecule has 34 heavy (non-hydrogen) atoms. The van der Waals surface area contributed by atoms with Crippen LogP contribution in [-0.2, 0) is 18.5 Å². The quantitative estimate of drug-likeness (QED) is 0.473. The number of anilines is 2. The van der Waals surface area contributed by atoms with E-state index in [1.54, 1.807) is 15.6 Å². The van der Waals surface area contributed by atoms with Gasteiger partial charge in [-0.15, -0.1) is 0 Å². The molecule has 0 saturated carbocycles. The summed E-state index contributed by atoms with van der Waals surface area (Å²) >= 11 is 0. The number of nitriles is 1. The number of nitrogens with zero attached hydrogens (tertiary/aromatic N) is 6. The summed E-state index contributed by atoms with van der Waals surface area (Å²) in [4.78, 5) is 27.1. The SMILES string of the molecule is CC(C)n1c(=O)c2cnc(Nc3ccc4c(c3)CNC4)nc2n1-c1cccc(C(C)(C)C#N)n1. The van der Waals surface area contributed by atoms with Gasteiger partial charge in [-0.1, -0.05) is 12.1 Å². The minimum Gasteiger partial charge on any atom is -0.324 e. The molecule has 3 aromatic heterocycles. The molecule has 0 amide bonds. The normalized spacial score (nSPS) is 13.3. The molecule has 0 saturated heterocycles. The van der Waals surface area contributed by atoms with Crippen LogP contribution in [0.25, 0.3) is 16.9 Å². The molecule has 9 heteroatoms. The Morgan fingerprint density at radius 1 is 1.15 bits per heavy atom. The zero-order valence-electron chi connectivity index (χ0n) is 19.6. The van der Waals surface area contributed by atoms with Gasteiger partial charge in [-0.3, -0.25) is 4.79 Å². The molecule has 2 N–H and O–H groups in total.